The van der Waals surface area contributed by atoms with E-state index in [4.69, 9.17) is 0 Å². The lowest BCUT2D eigenvalue weighted by Crippen LogP contribution is -2.40. The third kappa shape index (κ3) is 2.03. The van der Waals surface area contributed by atoms with Gasteiger partial charge in [0.05, 0.1) is 0 Å². The standard InChI is InChI=1S/C11H17N3O/c1-2-14(10-5-3-4-6-10)11(15)13-8-7-12-9-13/h7-10H,2-6H2,1H3. The molecule has 1 aromatic rings. The molecule has 0 bridgehead atoms. The van der Waals surface area contributed by atoms with Crippen LogP contribution >= 0.6 is 0 Å². The number of amides is 1. The number of carbonyl (C=O) groups excluding carboxylic acids is 1. The van der Waals surface area contributed by atoms with Crippen molar-refractivity contribution < 1.29 is 4.79 Å². The van der Waals surface area contributed by atoms with E-state index < -0.39 is 0 Å². The molecule has 1 fully saturated rings. The smallest absolute Gasteiger partial charge is 0.321 e. The van der Waals surface area contributed by atoms with Crippen LogP contribution in [0.5, 0.6) is 0 Å². The van der Waals surface area contributed by atoms with Crippen LogP contribution in [0.3, 0.4) is 0 Å². The summed E-state index contributed by atoms with van der Waals surface area (Å²) in [4.78, 5) is 17.9. The van der Waals surface area contributed by atoms with E-state index in [0.717, 1.165) is 19.4 Å². The van der Waals surface area contributed by atoms with E-state index in [0.29, 0.717) is 6.04 Å². The van der Waals surface area contributed by atoms with Crippen molar-refractivity contribution in [3.05, 3.63) is 18.7 Å². The Morgan fingerprint density at radius 2 is 2.27 bits per heavy atom. The van der Waals surface area contributed by atoms with Crippen LogP contribution in [0.2, 0.25) is 0 Å². The van der Waals surface area contributed by atoms with Crippen LogP contribution in [-0.4, -0.2) is 33.1 Å². The Balaban J connectivity index is 2.09. The molecule has 15 heavy (non-hydrogen) atoms. The summed E-state index contributed by atoms with van der Waals surface area (Å²) in [6.07, 6.45) is 9.71. The van der Waals surface area contributed by atoms with Crippen LogP contribution in [0.25, 0.3) is 0 Å². The lowest BCUT2D eigenvalue weighted by molar-refractivity contribution is 0.180. The maximum absolute atomic E-state index is 12.1. The number of hydrogen-bond acceptors (Lipinski definition) is 2. The van der Waals surface area contributed by atoms with Gasteiger partial charge in [-0.2, -0.15) is 0 Å². The molecule has 4 nitrogen and oxygen atoms in total. The molecule has 0 atom stereocenters. The Kier molecular flexibility index (Phi) is 3.04. The fourth-order valence-corrected chi connectivity index (χ4v) is 2.29. The van der Waals surface area contributed by atoms with E-state index in [9.17, 15) is 4.79 Å². The molecular formula is C11H17N3O. The molecule has 0 aliphatic heterocycles. The molecular weight excluding hydrogens is 190 g/mol. The summed E-state index contributed by atoms with van der Waals surface area (Å²) in [5.74, 6) is 0. The van der Waals surface area contributed by atoms with Crippen molar-refractivity contribution in [1.29, 1.82) is 0 Å². The highest BCUT2D eigenvalue weighted by atomic mass is 16.2. The maximum Gasteiger partial charge on any atom is 0.329 e. The Bertz CT molecular complexity index is 315. The number of carbonyl (C=O) groups is 1. The van der Waals surface area contributed by atoms with Crippen molar-refractivity contribution >= 4 is 6.03 Å². The van der Waals surface area contributed by atoms with Gasteiger partial charge in [-0.1, -0.05) is 12.8 Å². The predicted octanol–water partition coefficient (Wildman–Crippen LogP) is 2.12. The maximum atomic E-state index is 12.1. The molecule has 4 heteroatoms. The van der Waals surface area contributed by atoms with Crippen LogP contribution in [0.4, 0.5) is 4.79 Å². The van der Waals surface area contributed by atoms with Crippen LogP contribution in [-0.2, 0) is 0 Å². The molecule has 2 rings (SSSR count). The summed E-state index contributed by atoms with van der Waals surface area (Å²) in [6, 6.07) is 0.492. The Labute approximate surface area is 89.9 Å². The summed E-state index contributed by atoms with van der Waals surface area (Å²) in [5, 5.41) is 0. The molecule has 1 aliphatic rings. The van der Waals surface area contributed by atoms with Gasteiger partial charge in [-0.15, -0.1) is 0 Å². The van der Waals surface area contributed by atoms with E-state index in [-0.39, 0.29) is 6.03 Å². The van der Waals surface area contributed by atoms with Crippen molar-refractivity contribution in [2.75, 3.05) is 6.54 Å². The van der Waals surface area contributed by atoms with Crippen LogP contribution < -0.4 is 0 Å². The molecule has 1 aromatic heterocycles. The Hall–Kier alpha value is -1.32. The van der Waals surface area contributed by atoms with Crippen LogP contribution in [0.15, 0.2) is 18.7 Å². The summed E-state index contributed by atoms with van der Waals surface area (Å²) < 4.78 is 1.56. The minimum absolute atomic E-state index is 0.0573. The predicted molar refractivity (Wildman–Crippen MR) is 57.7 cm³/mol. The van der Waals surface area contributed by atoms with Gasteiger partial charge in [0.2, 0.25) is 0 Å². The van der Waals surface area contributed by atoms with Gasteiger partial charge < -0.3 is 4.90 Å². The van der Waals surface area contributed by atoms with Gasteiger partial charge in [0, 0.05) is 25.0 Å². The van der Waals surface area contributed by atoms with E-state index >= 15 is 0 Å². The van der Waals surface area contributed by atoms with Crippen molar-refractivity contribution in [3.63, 3.8) is 0 Å². The van der Waals surface area contributed by atoms with Crippen molar-refractivity contribution in [1.82, 2.24) is 14.5 Å². The number of rotatable bonds is 2. The van der Waals surface area contributed by atoms with Crippen molar-refractivity contribution in [2.24, 2.45) is 0 Å². The molecule has 0 spiro atoms. The molecule has 0 unspecified atom stereocenters. The van der Waals surface area contributed by atoms with Gasteiger partial charge >= 0.3 is 6.03 Å². The summed E-state index contributed by atoms with van der Waals surface area (Å²) >= 11 is 0. The van der Waals surface area contributed by atoms with E-state index in [1.54, 1.807) is 23.3 Å². The van der Waals surface area contributed by atoms with Gasteiger partial charge in [0.25, 0.3) is 0 Å². The lowest BCUT2D eigenvalue weighted by atomic mass is 10.2. The van der Waals surface area contributed by atoms with E-state index in [1.807, 2.05) is 11.8 Å². The second kappa shape index (κ2) is 4.47. The highest BCUT2D eigenvalue weighted by molar-refractivity contribution is 5.77. The lowest BCUT2D eigenvalue weighted by Gasteiger charge is -2.27. The average molecular weight is 207 g/mol. The largest absolute Gasteiger partial charge is 0.329 e. The second-order valence-electron chi connectivity index (χ2n) is 3.98. The van der Waals surface area contributed by atoms with Crippen molar-refractivity contribution in [3.8, 4) is 0 Å². The van der Waals surface area contributed by atoms with E-state index in [1.165, 1.54) is 12.8 Å². The van der Waals surface area contributed by atoms with Crippen LogP contribution in [0, 0.1) is 0 Å². The molecule has 1 saturated carbocycles. The molecule has 1 aliphatic carbocycles. The fourth-order valence-electron chi connectivity index (χ4n) is 2.29. The third-order valence-corrected chi connectivity index (χ3v) is 3.08. The van der Waals surface area contributed by atoms with Gasteiger partial charge in [0.1, 0.15) is 6.33 Å². The number of aromatic nitrogens is 2. The highest BCUT2D eigenvalue weighted by Gasteiger charge is 2.25. The van der Waals surface area contributed by atoms with Crippen molar-refractivity contribution in [2.45, 2.75) is 38.6 Å². The van der Waals surface area contributed by atoms with Crippen LogP contribution in [0.1, 0.15) is 32.6 Å². The molecule has 1 amide bonds. The normalized spacial score (nSPS) is 16.9. The van der Waals surface area contributed by atoms with Gasteiger partial charge in [-0.05, 0) is 19.8 Å². The first-order valence-electron chi connectivity index (χ1n) is 5.62. The first kappa shape index (κ1) is 10.2. The Morgan fingerprint density at radius 1 is 1.53 bits per heavy atom. The van der Waals surface area contributed by atoms with Gasteiger partial charge in [0.15, 0.2) is 0 Å². The fraction of sp³-hybridized carbons (Fsp3) is 0.636. The number of nitrogens with zero attached hydrogens (tertiary/aromatic N) is 3. The quantitative estimate of drug-likeness (QED) is 0.745. The zero-order valence-electron chi connectivity index (χ0n) is 9.09. The van der Waals surface area contributed by atoms with E-state index in [2.05, 4.69) is 4.98 Å². The molecule has 0 N–H and O–H groups in total. The average Bonchev–Trinajstić information content (AvgIpc) is 2.91. The topological polar surface area (TPSA) is 38.1 Å². The summed E-state index contributed by atoms with van der Waals surface area (Å²) in [6.45, 7) is 2.81. The monoisotopic (exact) mass is 207 g/mol. The minimum atomic E-state index is 0.0573. The minimum Gasteiger partial charge on any atom is -0.321 e. The summed E-state index contributed by atoms with van der Waals surface area (Å²) in [7, 11) is 0. The zero-order chi connectivity index (χ0) is 10.7. The third-order valence-electron chi connectivity index (χ3n) is 3.08. The van der Waals surface area contributed by atoms with Gasteiger partial charge in [-0.25, -0.2) is 9.78 Å². The summed E-state index contributed by atoms with van der Waals surface area (Å²) in [5.41, 5.74) is 0. The molecule has 0 aromatic carbocycles. The number of imidazole rings is 1. The number of hydrogen-bond donors (Lipinski definition) is 0. The second-order valence-corrected chi connectivity index (χ2v) is 3.98. The first-order chi connectivity index (χ1) is 7.33. The highest BCUT2D eigenvalue weighted by Crippen LogP contribution is 2.23. The molecule has 1 heterocycles. The molecule has 82 valence electrons. The zero-order valence-corrected chi connectivity index (χ0v) is 9.09. The SMILES string of the molecule is CCN(C(=O)n1ccnc1)C1CCCC1. The van der Waals surface area contributed by atoms with Gasteiger partial charge in [-0.3, -0.25) is 4.57 Å². The molecule has 0 radical (unpaired) electrons. The first-order valence-corrected chi connectivity index (χ1v) is 5.62. The Morgan fingerprint density at radius 3 is 2.80 bits per heavy atom. The molecule has 0 saturated heterocycles.